The van der Waals surface area contributed by atoms with Gasteiger partial charge < -0.3 is 4.74 Å². The van der Waals surface area contributed by atoms with Crippen LogP contribution in [0.3, 0.4) is 0 Å². The SMILES string of the molecule is [C]#CC(C)CCCC(C)CCCC(C)OCC. The van der Waals surface area contributed by atoms with Crippen molar-refractivity contribution < 1.29 is 4.74 Å². The number of ether oxygens (including phenoxy) is 1. The summed E-state index contributed by atoms with van der Waals surface area (Å²) in [6.07, 6.45) is 14.8. The first kappa shape index (κ1) is 16.5. The van der Waals surface area contributed by atoms with Gasteiger partial charge in [-0.3, -0.25) is 0 Å². The molecular formula is C16H29O. The van der Waals surface area contributed by atoms with E-state index in [-0.39, 0.29) is 0 Å². The average Bonchev–Trinajstić information content (AvgIpc) is 2.29. The topological polar surface area (TPSA) is 9.23 Å². The van der Waals surface area contributed by atoms with E-state index in [1.807, 2.05) is 0 Å². The Bertz CT molecular complexity index is 204. The second kappa shape index (κ2) is 10.7. The Kier molecular flexibility index (Phi) is 10.4. The predicted octanol–water partition coefficient (Wildman–Crippen LogP) is 4.61. The van der Waals surface area contributed by atoms with Gasteiger partial charge in [0.05, 0.1) is 6.10 Å². The maximum absolute atomic E-state index is 7.03. The van der Waals surface area contributed by atoms with Crippen LogP contribution in [-0.2, 0) is 4.74 Å². The fourth-order valence-electron chi connectivity index (χ4n) is 2.11. The van der Waals surface area contributed by atoms with E-state index in [9.17, 15) is 0 Å². The van der Waals surface area contributed by atoms with Crippen molar-refractivity contribution in [1.82, 2.24) is 0 Å². The van der Waals surface area contributed by atoms with Crippen molar-refractivity contribution in [2.24, 2.45) is 11.8 Å². The van der Waals surface area contributed by atoms with Gasteiger partial charge in [0.15, 0.2) is 0 Å². The van der Waals surface area contributed by atoms with Crippen molar-refractivity contribution in [3.63, 3.8) is 0 Å². The number of hydrogen-bond donors (Lipinski definition) is 0. The van der Waals surface area contributed by atoms with Gasteiger partial charge in [0.2, 0.25) is 0 Å². The molecule has 0 aliphatic heterocycles. The summed E-state index contributed by atoms with van der Waals surface area (Å²) < 4.78 is 5.52. The van der Waals surface area contributed by atoms with E-state index in [0.29, 0.717) is 12.0 Å². The standard InChI is InChI=1S/C16H29O/c1-6-14(3)10-8-11-15(4)12-9-13-16(5)17-7-2/h14-16H,7-13H2,2-5H3. The molecule has 0 N–H and O–H groups in total. The van der Waals surface area contributed by atoms with Gasteiger partial charge >= 0.3 is 0 Å². The van der Waals surface area contributed by atoms with Crippen molar-refractivity contribution in [2.75, 3.05) is 6.61 Å². The molecule has 3 unspecified atom stereocenters. The van der Waals surface area contributed by atoms with Crippen molar-refractivity contribution >= 4 is 0 Å². The van der Waals surface area contributed by atoms with Crippen LogP contribution in [0.4, 0.5) is 0 Å². The molecule has 0 aliphatic rings. The number of rotatable bonds is 10. The van der Waals surface area contributed by atoms with E-state index < -0.39 is 0 Å². The van der Waals surface area contributed by atoms with Crippen LogP contribution < -0.4 is 0 Å². The van der Waals surface area contributed by atoms with Crippen molar-refractivity contribution in [3.05, 3.63) is 6.42 Å². The zero-order valence-corrected chi connectivity index (χ0v) is 12.1. The highest BCUT2D eigenvalue weighted by atomic mass is 16.5. The summed E-state index contributed by atoms with van der Waals surface area (Å²) in [6.45, 7) is 9.46. The van der Waals surface area contributed by atoms with Gasteiger partial charge in [-0.1, -0.05) is 45.5 Å². The third-order valence-electron chi connectivity index (χ3n) is 3.34. The van der Waals surface area contributed by atoms with Crippen LogP contribution in [0.25, 0.3) is 0 Å². The molecule has 0 aromatic heterocycles. The molecule has 0 fully saturated rings. The van der Waals surface area contributed by atoms with Crippen molar-refractivity contribution in [1.29, 1.82) is 0 Å². The fraction of sp³-hybridized carbons (Fsp3) is 0.875. The maximum Gasteiger partial charge on any atom is 0.0546 e. The summed E-state index contributed by atoms with van der Waals surface area (Å²) in [6, 6.07) is 0. The zero-order chi connectivity index (χ0) is 13.1. The summed E-state index contributed by atoms with van der Waals surface area (Å²) in [4.78, 5) is 0. The van der Waals surface area contributed by atoms with Gasteiger partial charge in [-0.25, -0.2) is 0 Å². The minimum absolute atomic E-state index is 0.333. The molecule has 0 aromatic rings. The van der Waals surface area contributed by atoms with E-state index >= 15 is 0 Å². The van der Waals surface area contributed by atoms with Gasteiger partial charge in [-0.2, -0.15) is 0 Å². The lowest BCUT2D eigenvalue weighted by molar-refractivity contribution is 0.0676. The zero-order valence-electron chi connectivity index (χ0n) is 12.1. The Hall–Kier alpha value is -0.480. The molecule has 3 atom stereocenters. The molecule has 1 heteroatoms. The molecule has 1 radical (unpaired) electrons. The monoisotopic (exact) mass is 237 g/mol. The lowest BCUT2D eigenvalue weighted by atomic mass is 9.95. The highest BCUT2D eigenvalue weighted by Crippen LogP contribution is 2.18. The smallest absolute Gasteiger partial charge is 0.0546 e. The van der Waals surface area contributed by atoms with Crippen LogP contribution >= 0.6 is 0 Å². The summed E-state index contributed by atoms with van der Waals surface area (Å²) in [5.74, 6) is 3.68. The molecule has 1 nitrogen and oxygen atoms in total. The molecule has 17 heavy (non-hydrogen) atoms. The highest BCUT2D eigenvalue weighted by molar-refractivity contribution is 4.83. The molecule has 0 aromatic carbocycles. The minimum Gasteiger partial charge on any atom is -0.379 e. The van der Waals surface area contributed by atoms with E-state index in [4.69, 9.17) is 11.2 Å². The average molecular weight is 237 g/mol. The first-order chi connectivity index (χ1) is 8.10. The van der Waals surface area contributed by atoms with Crippen LogP contribution in [0.15, 0.2) is 0 Å². The fourth-order valence-corrected chi connectivity index (χ4v) is 2.11. The highest BCUT2D eigenvalue weighted by Gasteiger charge is 2.06. The van der Waals surface area contributed by atoms with E-state index in [2.05, 4.69) is 33.6 Å². The summed E-state index contributed by atoms with van der Waals surface area (Å²) >= 11 is 0. The van der Waals surface area contributed by atoms with Crippen LogP contribution in [0.2, 0.25) is 0 Å². The Morgan fingerprint density at radius 2 is 1.59 bits per heavy atom. The second-order valence-corrected chi connectivity index (χ2v) is 5.28. The van der Waals surface area contributed by atoms with Gasteiger partial charge in [0, 0.05) is 12.5 Å². The molecule has 0 bridgehead atoms. The predicted molar refractivity (Wildman–Crippen MR) is 74.2 cm³/mol. The molecule has 0 rings (SSSR count). The van der Waals surface area contributed by atoms with Gasteiger partial charge in [-0.05, 0) is 39.0 Å². The lowest BCUT2D eigenvalue weighted by Crippen LogP contribution is -2.08. The summed E-state index contributed by atoms with van der Waals surface area (Å²) in [5.41, 5.74) is 0. The molecule has 0 saturated carbocycles. The Labute approximate surface area is 108 Å². The minimum atomic E-state index is 0.333. The van der Waals surface area contributed by atoms with Gasteiger partial charge in [0.1, 0.15) is 0 Å². The molecule has 0 spiro atoms. The molecule has 0 amide bonds. The summed E-state index contributed by atoms with van der Waals surface area (Å²) in [5, 5.41) is 0. The maximum atomic E-state index is 7.03. The second-order valence-electron chi connectivity index (χ2n) is 5.28. The van der Waals surface area contributed by atoms with E-state index in [1.54, 1.807) is 0 Å². The first-order valence-electron chi connectivity index (χ1n) is 7.14. The summed E-state index contributed by atoms with van der Waals surface area (Å²) in [7, 11) is 0. The molecule has 0 aliphatic carbocycles. The number of hydrogen-bond acceptors (Lipinski definition) is 1. The van der Waals surface area contributed by atoms with Crippen LogP contribution in [0.5, 0.6) is 0 Å². The van der Waals surface area contributed by atoms with Crippen LogP contribution in [0.1, 0.15) is 66.2 Å². The lowest BCUT2D eigenvalue weighted by Gasteiger charge is -2.14. The van der Waals surface area contributed by atoms with E-state index in [1.165, 1.54) is 32.1 Å². The normalized spacial score (nSPS) is 16.2. The van der Waals surface area contributed by atoms with Crippen molar-refractivity contribution in [3.8, 4) is 5.92 Å². The Morgan fingerprint density at radius 1 is 1.00 bits per heavy atom. The van der Waals surface area contributed by atoms with Crippen molar-refractivity contribution in [2.45, 2.75) is 72.3 Å². The Morgan fingerprint density at radius 3 is 2.12 bits per heavy atom. The largest absolute Gasteiger partial charge is 0.379 e. The molecule has 0 heterocycles. The quantitative estimate of drug-likeness (QED) is 0.504. The molecule has 99 valence electrons. The van der Waals surface area contributed by atoms with Gasteiger partial charge in [0.25, 0.3) is 0 Å². The van der Waals surface area contributed by atoms with Gasteiger partial charge in [-0.15, -0.1) is 0 Å². The van der Waals surface area contributed by atoms with E-state index in [0.717, 1.165) is 18.9 Å². The Balaban J connectivity index is 3.41. The third-order valence-corrected chi connectivity index (χ3v) is 3.34. The molecule has 0 saturated heterocycles. The first-order valence-corrected chi connectivity index (χ1v) is 7.14. The van der Waals surface area contributed by atoms with Crippen LogP contribution in [-0.4, -0.2) is 12.7 Å². The third kappa shape index (κ3) is 10.4. The molecular weight excluding hydrogens is 208 g/mol. The van der Waals surface area contributed by atoms with Crippen LogP contribution in [0, 0.1) is 24.2 Å².